The van der Waals surface area contributed by atoms with Crippen molar-refractivity contribution in [2.24, 2.45) is 0 Å². The molecule has 3 rings (SSSR count). The number of hydrogen-bond donors (Lipinski definition) is 0. The van der Waals surface area contributed by atoms with Gasteiger partial charge in [0, 0.05) is 37.1 Å². The Labute approximate surface area is 235 Å². The Morgan fingerprint density at radius 3 is 2.31 bits per heavy atom. The van der Waals surface area contributed by atoms with E-state index in [1.807, 2.05) is 0 Å². The normalized spacial score (nSPS) is 14.7. The second kappa shape index (κ2) is 13.0. The van der Waals surface area contributed by atoms with Crippen LogP contribution in [0.25, 0.3) is 10.8 Å². The molecule has 1 aliphatic rings. The molecule has 0 aromatic heterocycles. The molecule has 0 N–H and O–H groups in total. The molecule has 0 unspecified atom stereocenters. The molecule has 0 aliphatic carbocycles. The van der Waals surface area contributed by atoms with Crippen molar-refractivity contribution in [2.75, 3.05) is 32.0 Å². The molecule has 214 valence electrons. The minimum absolute atomic E-state index is 0.00580. The molecule has 0 bridgehead atoms. The highest BCUT2D eigenvalue weighted by molar-refractivity contribution is 7.91. The number of hydrogen-bond acceptors (Lipinski definition) is 7. The average molecular weight is 581 g/mol. The van der Waals surface area contributed by atoms with Crippen LogP contribution in [0.2, 0.25) is 5.02 Å². The Morgan fingerprint density at radius 2 is 1.67 bits per heavy atom. The lowest BCUT2D eigenvalue weighted by Gasteiger charge is -2.39. The van der Waals surface area contributed by atoms with E-state index in [0.29, 0.717) is 31.0 Å². The highest BCUT2D eigenvalue weighted by atomic mass is 35.5. The standard InChI is InChI=1S/C28H37ClN2O7S/c1-5-37-26(33)12-16-31(23-10-14-30(15-11-23)27(34)38-28(2,3)4)25(32)13-17-39(35,36)24-9-7-20-18-22(29)8-6-21(20)19-24/h6-9,18-19,23H,5,10-17H2,1-4H3. The average Bonchev–Trinajstić information content (AvgIpc) is 2.86. The number of carbonyl (C=O) groups excluding carboxylic acids is 3. The number of esters is 1. The molecule has 0 spiro atoms. The van der Waals surface area contributed by atoms with Crippen molar-refractivity contribution >= 4 is 50.2 Å². The number of rotatable bonds is 9. The summed E-state index contributed by atoms with van der Waals surface area (Å²) >= 11 is 6.02. The van der Waals surface area contributed by atoms with Crippen LogP contribution in [0.5, 0.6) is 0 Å². The number of halogens is 1. The largest absolute Gasteiger partial charge is 0.466 e. The van der Waals surface area contributed by atoms with Gasteiger partial charge in [0.15, 0.2) is 9.84 Å². The molecule has 1 saturated heterocycles. The Kier molecular flexibility index (Phi) is 10.2. The maximum Gasteiger partial charge on any atom is 0.410 e. The SMILES string of the molecule is CCOC(=O)CCN(C(=O)CCS(=O)(=O)c1ccc2cc(Cl)ccc2c1)C1CCN(C(=O)OC(C)(C)C)CC1. The molecule has 2 aromatic carbocycles. The van der Waals surface area contributed by atoms with Gasteiger partial charge in [0.1, 0.15) is 5.60 Å². The number of carbonyl (C=O) groups is 3. The van der Waals surface area contributed by atoms with E-state index in [9.17, 15) is 22.8 Å². The molecule has 2 aromatic rings. The van der Waals surface area contributed by atoms with Crippen LogP contribution in [-0.2, 0) is 28.9 Å². The molecule has 39 heavy (non-hydrogen) atoms. The summed E-state index contributed by atoms with van der Waals surface area (Å²) in [7, 11) is -3.74. The van der Waals surface area contributed by atoms with Crippen molar-refractivity contribution in [3.05, 3.63) is 41.4 Å². The molecular weight excluding hydrogens is 544 g/mol. The molecule has 0 saturated carbocycles. The number of ether oxygens (including phenoxy) is 2. The van der Waals surface area contributed by atoms with Crippen molar-refractivity contribution in [2.45, 2.75) is 69.9 Å². The zero-order valence-electron chi connectivity index (χ0n) is 22.9. The summed E-state index contributed by atoms with van der Waals surface area (Å²) in [5, 5.41) is 2.11. The van der Waals surface area contributed by atoms with Gasteiger partial charge in [-0.2, -0.15) is 0 Å². The van der Waals surface area contributed by atoms with Gasteiger partial charge in [-0.3, -0.25) is 9.59 Å². The third-order valence-electron chi connectivity index (χ3n) is 6.46. The molecule has 1 heterocycles. The van der Waals surface area contributed by atoms with Crippen molar-refractivity contribution in [1.82, 2.24) is 9.80 Å². The number of amides is 2. The summed E-state index contributed by atoms with van der Waals surface area (Å²) < 4.78 is 36.7. The van der Waals surface area contributed by atoms with E-state index in [2.05, 4.69) is 0 Å². The fraction of sp³-hybridized carbons (Fsp3) is 0.536. The lowest BCUT2D eigenvalue weighted by molar-refractivity contribution is -0.144. The maximum absolute atomic E-state index is 13.3. The molecule has 9 nitrogen and oxygen atoms in total. The van der Waals surface area contributed by atoms with Gasteiger partial charge in [0.2, 0.25) is 5.91 Å². The van der Waals surface area contributed by atoms with Crippen molar-refractivity contribution in [1.29, 1.82) is 0 Å². The number of likely N-dealkylation sites (tertiary alicyclic amines) is 1. The van der Waals surface area contributed by atoms with E-state index in [0.717, 1.165) is 10.8 Å². The summed E-state index contributed by atoms with van der Waals surface area (Å²) in [6.07, 6.45) is 0.359. The van der Waals surface area contributed by atoms with Crippen LogP contribution in [0.1, 0.15) is 53.4 Å². The van der Waals surface area contributed by atoms with Gasteiger partial charge in [-0.25, -0.2) is 13.2 Å². The number of fused-ring (bicyclic) bond motifs is 1. The van der Waals surface area contributed by atoms with E-state index >= 15 is 0 Å². The molecule has 0 atom stereocenters. The van der Waals surface area contributed by atoms with Gasteiger partial charge >= 0.3 is 12.1 Å². The highest BCUT2D eigenvalue weighted by Crippen LogP contribution is 2.25. The van der Waals surface area contributed by atoms with Crippen molar-refractivity contribution < 1.29 is 32.3 Å². The van der Waals surface area contributed by atoms with E-state index in [-0.39, 0.29) is 48.6 Å². The van der Waals surface area contributed by atoms with Crippen LogP contribution < -0.4 is 0 Å². The second-order valence-electron chi connectivity index (χ2n) is 10.6. The predicted molar refractivity (Wildman–Crippen MR) is 149 cm³/mol. The van der Waals surface area contributed by atoms with Gasteiger partial charge in [-0.1, -0.05) is 23.7 Å². The maximum atomic E-state index is 13.3. The Hall–Kier alpha value is -2.85. The predicted octanol–water partition coefficient (Wildman–Crippen LogP) is 4.84. The third kappa shape index (κ3) is 8.83. The van der Waals surface area contributed by atoms with Crippen LogP contribution >= 0.6 is 11.6 Å². The van der Waals surface area contributed by atoms with Crippen LogP contribution in [0.15, 0.2) is 41.3 Å². The van der Waals surface area contributed by atoms with Gasteiger partial charge in [-0.15, -0.1) is 0 Å². The first-order valence-electron chi connectivity index (χ1n) is 13.1. The molecule has 1 fully saturated rings. The summed E-state index contributed by atoms with van der Waals surface area (Å²) in [5.74, 6) is -1.14. The zero-order valence-corrected chi connectivity index (χ0v) is 24.5. The molecular formula is C28H37ClN2O7S. The Bertz CT molecular complexity index is 1300. The van der Waals surface area contributed by atoms with Crippen LogP contribution in [-0.4, -0.2) is 79.8 Å². The van der Waals surface area contributed by atoms with E-state index in [4.69, 9.17) is 21.1 Å². The van der Waals surface area contributed by atoms with Crippen molar-refractivity contribution in [3.8, 4) is 0 Å². The lowest BCUT2D eigenvalue weighted by Crippen LogP contribution is -2.50. The monoisotopic (exact) mass is 580 g/mol. The first-order chi connectivity index (χ1) is 18.3. The Morgan fingerprint density at radius 1 is 1.03 bits per heavy atom. The van der Waals surface area contributed by atoms with Gasteiger partial charge in [0.05, 0.1) is 23.7 Å². The fourth-order valence-electron chi connectivity index (χ4n) is 4.51. The smallest absolute Gasteiger partial charge is 0.410 e. The second-order valence-corrected chi connectivity index (χ2v) is 13.1. The fourth-order valence-corrected chi connectivity index (χ4v) is 5.96. The van der Waals surface area contributed by atoms with Crippen LogP contribution in [0.3, 0.4) is 0 Å². The summed E-state index contributed by atoms with van der Waals surface area (Å²) in [5.41, 5.74) is -0.612. The highest BCUT2D eigenvalue weighted by Gasteiger charge is 2.32. The van der Waals surface area contributed by atoms with Gasteiger partial charge < -0.3 is 19.3 Å². The van der Waals surface area contributed by atoms with E-state index < -0.39 is 27.5 Å². The van der Waals surface area contributed by atoms with E-state index in [1.165, 1.54) is 6.07 Å². The zero-order chi connectivity index (χ0) is 28.8. The number of nitrogens with zero attached hydrogens (tertiary/aromatic N) is 2. The minimum atomic E-state index is -3.74. The first-order valence-corrected chi connectivity index (χ1v) is 15.2. The lowest BCUT2D eigenvalue weighted by atomic mass is 10.0. The van der Waals surface area contributed by atoms with Gasteiger partial charge in [-0.05, 0) is 75.6 Å². The number of piperidine rings is 1. The summed E-state index contributed by atoms with van der Waals surface area (Å²) in [6, 6.07) is 9.76. The van der Waals surface area contributed by atoms with Gasteiger partial charge in [0.25, 0.3) is 0 Å². The number of sulfone groups is 1. The summed E-state index contributed by atoms with van der Waals surface area (Å²) in [4.78, 5) is 41.1. The molecule has 2 amide bonds. The van der Waals surface area contributed by atoms with Crippen LogP contribution in [0.4, 0.5) is 4.79 Å². The quantitative estimate of drug-likeness (QED) is 0.390. The first kappa shape index (κ1) is 30.7. The Balaban J connectivity index is 1.68. The van der Waals surface area contributed by atoms with Crippen molar-refractivity contribution in [3.63, 3.8) is 0 Å². The minimum Gasteiger partial charge on any atom is -0.466 e. The molecule has 0 radical (unpaired) electrons. The van der Waals surface area contributed by atoms with Crippen LogP contribution in [0, 0.1) is 0 Å². The number of benzene rings is 2. The third-order valence-corrected chi connectivity index (χ3v) is 8.41. The molecule has 11 heteroatoms. The topological polar surface area (TPSA) is 110 Å². The van der Waals surface area contributed by atoms with E-state index in [1.54, 1.807) is 67.8 Å². The summed E-state index contributed by atoms with van der Waals surface area (Å²) in [6.45, 7) is 8.24. The molecule has 1 aliphatic heterocycles.